The van der Waals surface area contributed by atoms with E-state index in [1.165, 1.54) is 0 Å². The zero-order chi connectivity index (χ0) is 0. The molecular weight excluding hydrogens is 642 g/mol. The summed E-state index contributed by atoms with van der Waals surface area (Å²) >= 11 is 0. The Bertz CT molecular complexity index is 17.8. The SMILES string of the molecule is [Cd].[Cd].[Ga].[Ga].[In+3].[In+3].[O-2].[O-2].[O-2]. The second kappa shape index (κ2) is 78.2. The molecule has 0 spiro atoms. The van der Waals surface area contributed by atoms with Crippen LogP contribution in [0.3, 0.4) is 0 Å². The summed E-state index contributed by atoms with van der Waals surface area (Å²) in [5.74, 6) is 0. The van der Waals surface area contributed by atoms with Gasteiger partial charge in [0.25, 0.3) is 0 Å². The van der Waals surface area contributed by atoms with Crippen molar-refractivity contribution in [3.63, 3.8) is 0 Å². The fourth-order valence-corrected chi connectivity index (χ4v) is 0. The third kappa shape index (κ3) is 65.4. The van der Waals surface area contributed by atoms with Crippen LogP contribution in [0.4, 0.5) is 0 Å². The summed E-state index contributed by atoms with van der Waals surface area (Å²) in [4.78, 5) is 0. The van der Waals surface area contributed by atoms with Crippen LogP contribution in [0, 0.1) is 0 Å². The topological polar surface area (TPSA) is 85.5 Å². The van der Waals surface area contributed by atoms with E-state index in [-0.39, 0.29) is 162 Å². The van der Waals surface area contributed by atoms with Crippen molar-refractivity contribution >= 4 is 91.3 Å². The van der Waals surface area contributed by atoms with Gasteiger partial charge in [0.1, 0.15) is 0 Å². The quantitative estimate of drug-likeness (QED) is 0.278. The van der Waals surface area contributed by atoms with Crippen molar-refractivity contribution in [3.05, 3.63) is 0 Å². The largest absolute Gasteiger partial charge is 3.00 e. The molecule has 0 atom stereocenters. The van der Waals surface area contributed by atoms with E-state index in [4.69, 9.17) is 0 Å². The molecule has 0 rings (SSSR count). The third-order valence-corrected chi connectivity index (χ3v) is 0. The molecule has 0 aliphatic heterocycles. The van der Waals surface area contributed by atoms with Gasteiger partial charge in [-0.3, -0.25) is 0 Å². The normalized spacial score (nSPS) is 0. The van der Waals surface area contributed by atoms with Crippen LogP contribution in [0.2, 0.25) is 0 Å². The second-order valence-corrected chi connectivity index (χ2v) is 0. The van der Waals surface area contributed by atoms with Crippen LogP contribution in [0.5, 0.6) is 0 Å². The number of rotatable bonds is 0. The zero-order valence-electron chi connectivity index (χ0n) is 4.95. The minimum Gasteiger partial charge on any atom is -2.00 e. The molecule has 0 bridgehead atoms. The molecule has 0 aromatic carbocycles. The van der Waals surface area contributed by atoms with Gasteiger partial charge in [0.2, 0.25) is 0 Å². The molecule has 0 aromatic rings. The first-order valence-corrected chi connectivity index (χ1v) is 0. The van der Waals surface area contributed by atoms with Gasteiger partial charge in [-0.2, -0.15) is 0 Å². The zero-order valence-corrected chi connectivity index (χ0v) is 24.5. The Balaban J connectivity index is 0. The molecule has 0 heterocycles. The van der Waals surface area contributed by atoms with Gasteiger partial charge in [0.15, 0.2) is 0 Å². The van der Waals surface area contributed by atoms with Crippen molar-refractivity contribution in [3.8, 4) is 0 Å². The van der Waals surface area contributed by atoms with E-state index in [1.807, 2.05) is 0 Å². The molecule has 3 nitrogen and oxygen atoms in total. The molecule has 0 aliphatic carbocycles. The fraction of sp³-hybridized carbons (Fsp3) is 0. The van der Waals surface area contributed by atoms with Gasteiger partial charge < -0.3 is 16.4 Å². The minimum atomic E-state index is 0. The molecule has 0 aliphatic rings. The molecule has 0 fully saturated rings. The first-order valence-electron chi connectivity index (χ1n) is 0. The van der Waals surface area contributed by atoms with E-state index in [1.54, 1.807) is 0 Å². The van der Waals surface area contributed by atoms with Crippen LogP contribution in [0.1, 0.15) is 0 Å². The van der Waals surface area contributed by atoms with Crippen LogP contribution < -0.4 is 0 Å². The van der Waals surface area contributed by atoms with E-state index >= 15 is 0 Å². The summed E-state index contributed by atoms with van der Waals surface area (Å²) in [7, 11) is 0. The maximum absolute atomic E-state index is 0. The number of hydrogen-bond acceptors (Lipinski definition) is 0. The molecule has 0 amide bonds. The first-order chi connectivity index (χ1) is 0. The Morgan fingerprint density at radius 3 is 0.444 bits per heavy atom. The Labute approximate surface area is 159 Å². The molecule has 9 heteroatoms. The Morgan fingerprint density at radius 2 is 0.444 bits per heavy atom. The molecule has 0 saturated carbocycles. The van der Waals surface area contributed by atoms with Gasteiger partial charge in [0, 0.05) is 94.2 Å². The summed E-state index contributed by atoms with van der Waals surface area (Å²) in [5, 5.41) is 0. The monoisotopic (exact) mass is 643 g/mol. The van der Waals surface area contributed by atoms with E-state index in [2.05, 4.69) is 0 Å². The van der Waals surface area contributed by atoms with Crippen molar-refractivity contribution in [2.75, 3.05) is 0 Å². The van der Waals surface area contributed by atoms with Crippen LogP contribution in [0.15, 0.2) is 0 Å². The molecule has 0 saturated heterocycles. The molecule has 0 N–H and O–H groups in total. The van der Waals surface area contributed by atoms with Gasteiger partial charge in [-0.15, -0.1) is 0 Å². The van der Waals surface area contributed by atoms with Gasteiger partial charge in [-0.25, -0.2) is 0 Å². The summed E-state index contributed by atoms with van der Waals surface area (Å²) < 4.78 is 0. The summed E-state index contributed by atoms with van der Waals surface area (Å²) in [6, 6.07) is 0. The van der Waals surface area contributed by atoms with Crippen LogP contribution in [-0.2, 0) is 71.0 Å². The van der Waals surface area contributed by atoms with E-state index in [0.29, 0.717) is 0 Å². The van der Waals surface area contributed by atoms with Crippen LogP contribution in [0.25, 0.3) is 0 Å². The van der Waals surface area contributed by atoms with Crippen molar-refractivity contribution < 1.29 is 71.0 Å². The first kappa shape index (κ1) is 99.3. The van der Waals surface area contributed by atoms with Gasteiger partial charge in [-0.05, 0) is 0 Å². The second-order valence-electron chi connectivity index (χ2n) is 0. The van der Waals surface area contributed by atoms with Crippen molar-refractivity contribution in [1.82, 2.24) is 0 Å². The maximum atomic E-state index is 0. The van der Waals surface area contributed by atoms with Gasteiger partial charge in [0.05, 0.1) is 0 Å². The predicted octanol–water partition coefficient (Wildman–Crippen LogP) is -1.88. The summed E-state index contributed by atoms with van der Waals surface area (Å²) in [6.45, 7) is 0. The average Bonchev–Trinajstić information content (AvgIpc) is 0. The van der Waals surface area contributed by atoms with Crippen molar-refractivity contribution in [1.29, 1.82) is 0 Å². The summed E-state index contributed by atoms with van der Waals surface area (Å²) in [5.41, 5.74) is 0. The van der Waals surface area contributed by atoms with Gasteiger partial charge >= 0.3 is 51.7 Å². The predicted molar refractivity (Wildman–Crippen MR) is 25.1 cm³/mol. The fourth-order valence-electron chi connectivity index (χ4n) is 0. The van der Waals surface area contributed by atoms with E-state index in [0.717, 1.165) is 0 Å². The van der Waals surface area contributed by atoms with Crippen LogP contribution >= 0.6 is 0 Å². The smallest absolute Gasteiger partial charge is 2.00 e. The minimum absolute atomic E-state index is 0. The molecule has 6 radical (unpaired) electrons. The van der Waals surface area contributed by atoms with Crippen molar-refractivity contribution in [2.45, 2.75) is 0 Å². The average molecular weight is 642 g/mol. The molecule has 0 unspecified atom stereocenters. The summed E-state index contributed by atoms with van der Waals surface area (Å²) in [6.07, 6.45) is 0. The molecular formula is Cd2Ga2In2O3. The van der Waals surface area contributed by atoms with Gasteiger partial charge in [-0.1, -0.05) is 0 Å². The van der Waals surface area contributed by atoms with E-state index < -0.39 is 0 Å². The molecule has 34 valence electrons. The van der Waals surface area contributed by atoms with Crippen LogP contribution in [-0.4, -0.2) is 91.3 Å². The maximum Gasteiger partial charge on any atom is 3.00 e. The molecule has 9 heavy (non-hydrogen) atoms. The number of hydrogen-bond donors (Lipinski definition) is 0. The third-order valence-electron chi connectivity index (χ3n) is 0. The Kier molecular flexibility index (Phi) is 863. The van der Waals surface area contributed by atoms with E-state index in [9.17, 15) is 0 Å². The Hall–Kier alpha value is 4.74. The molecule has 0 aromatic heterocycles. The van der Waals surface area contributed by atoms with Crippen molar-refractivity contribution in [2.24, 2.45) is 0 Å². The Morgan fingerprint density at radius 1 is 0.444 bits per heavy atom. The standard InChI is InChI=1S/2Cd.2Ga.2In.3O/q;;;;2*+3;3*-2.